The molecule has 0 spiro atoms. The summed E-state index contributed by atoms with van der Waals surface area (Å²) < 4.78 is 40.9. The number of benzene rings is 3. The van der Waals surface area contributed by atoms with Crippen LogP contribution in [0.1, 0.15) is 44.1 Å². The summed E-state index contributed by atoms with van der Waals surface area (Å²) >= 11 is 0. The van der Waals surface area contributed by atoms with Crippen LogP contribution in [0.3, 0.4) is 0 Å². The molecule has 1 aliphatic carbocycles. The third-order valence-corrected chi connectivity index (χ3v) is 12.1. The molecule has 2 heterocycles. The molecule has 3 aromatic carbocycles. The third-order valence-electron chi connectivity index (χ3n) is 10.3. The second-order valence-electron chi connectivity index (χ2n) is 13.0. The Bertz CT molecular complexity index is 1720. The van der Waals surface area contributed by atoms with Gasteiger partial charge in [0.25, 0.3) is 0 Å². The first kappa shape index (κ1) is 32.0. The van der Waals surface area contributed by atoms with Gasteiger partial charge in [-0.2, -0.15) is 5.26 Å². The van der Waals surface area contributed by atoms with Crippen LogP contribution in [-0.2, 0) is 20.0 Å². The van der Waals surface area contributed by atoms with Crippen molar-refractivity contribution in [2.24, 2.45) is 17.8 Å². The summed E-state index contributed by atoms with van der Waals surface area (Å²) in [4.78, 5) is 16.7. The van der Waals surface area contributed by atoms with Gasteiger partial charge in [0, 0.05) is 36.9 Å². The fraction of sp³-hybridized carbons (Fsp3) is 0.405. The molecule has 9 heteroatoms. The van der Waals surface area contributed by atoms with Crippen LogP contribution in [0.2, 0.25) is 0 Å². The second kappa shape index (κ2) is 13.4. The summed E-state index contributed by atoms with van der Waals surface area (Å²) in [6.45, 7) is 8.12. The zero-order valence-electron chi connectivity index (χ0n) is 26.1. The average Bonchev–Trinajstić information content (AvgIpc) is 3.60. The highest BCUT2D eigenvalue weighted by Gasteiger charge is 2.49. The summed E-state index contributed by atoms with van der Waals surface area (Å²) in [7, 11) is -3.75. The van der Waals surface area contributed by atoms with Crippen molar-refractivity contribution in [1.29, 1.82) is 5.26 Å². The molecule has 0 radical (unpaired) electrons. The highest BCUT2D eigenvalue weighted by atomic mass is 32.2. The van der Waals surface area contributed by atoms with E-state index in [4.69, 9.17) is 0 Å². The molecule has 0 aromatic heterocycles. The Morgan fingerprint density at radius 3 is 2.28 bits per heavy atom. The van der Waals surface area contributed by atoms with Gasteiger partial charge in [-0.15, -0.1) is 0 Å². The number of carbonyl (C=O) groups is 1. The third kappa shape index (κ3) is 6.33. The molecular formula is C37H41FN4O3S. The molecular weight excluding hydrogens is 599 g/mol. The van der Waals surface area contributed by atoms with Gasteiger partial charge in [-0.3, -0.25) is 4.79 Å². The Morgan fingerprint density at radius 2 is 1.63 bits per heavy atom. The smallest absolute Gasteiger partial charge is 0.247 e. The number of nitrogens with zero attached hydrogens (tertiary/aromatic N) is 3. The van der Waals surface area contributed by atoms with Gasteiger partial charge in [-0.1, -0.05) is 37.6 Å². The molecule has 1 atom stereocenters. The Balaban J connectivity index is 1.04. The molecule has 3 aromatic rings. The van der Waals surface area contributed by atoms with Crippen molar-refractivity contribution in [3.63, 3.8) is 0 Å². The number of anilines is 2. The van der Waals surface area contributed by atoms with Crippen molar-refractivity contribution in [1.82, 2.24) is 4.90 Å². The molecule has 7 nitrogen and oxygen atoms in total. The first-order valence-corrected chi connectivity index (χ1v) is 17.7. The number of likely N-dealkylation sites (tertiary alicyclic amines) is 1. The Morgan fingerprint density at radius 1 is 0.957 bits per heavy atom. The predicted octanol–water partition coefficient (Wildman–Crippen LogP) is 6.58. The number of piperidine rings is 1. The van der Waals surface area contributed by atoms with E-state index >= 15 is 0 Å². The molecule has 6 rings (SSSR count). The quantitative estimate of drug-likeness (QED) is 0.252. The van der Waals surface area contributed by atoms with Crippen molar-refractivity contribution >= 4 is 27.1 Å². The number of nitrogens with one attached hydrogen (secondary N) is 1. The van der Waals surface area contributed by atoms with E-state index in [1.54, 1.807) is 36.4 Å². The maximum absolute atomic E-state index is 14.3. The number of rotatable bonds is 10. The Hall–Kier alpha value is -4.00. The maximum Gasteiger partial charge on any atom is 0.247 e. The average molecular weight is 641 g/mol. The number of amides is 1. The topological polar surface area (TPSA) is 93.5 Å². The second-order valence-corrected chi connectivity index (χ2v) is 15.0. The van der Waals surface area contributed by atoms with E-state index in [0.717, 1.165) is 88.6 Å². The van der Waals surface area contributed by atoms with Gasteiger partial charge >= 0.3 is 0 Å². The fourth-order valence-corrected chi connectivity index (χ4v) is 9.22. The zero-order valence-corrected chi connectivity index (χ0v) is 26.9. The largest absolute Gasteiger partial charge is 0.371 e. The number of halogens is 1. The van der Waals surface area contributed by atoms with E-state index in [1.807, 2.05) is 18.2 Å². The van der Waals surface area contributed by atoms with Crippen LogP contribution in [0.4, 0.5) is 15.8 Å². The number of nitriles is 1. The SMILES string of the molecule is C=CC(=O)Nc1cccc(S(=O)(=O)c2ccc(N3CC(CN4CCC([C@@](C#N)(c5cccc(F)c5)C5CCCC5)CC4)C3)cc2)c1. The van der Waals surface area contributed by atoms with Crippen LogP contribution in [-0.4, -0.2) is 51.9 Å². The number of sulfone groups is 1. The molecule has 1 N–H and O–H groups in total. The van der Waals surface area contributed by atoms with Gasteiger partial charge in [-0.05, 0) is 117 Å². The summed E-state index contributed by atoms with van der Waals surface area (Å²) in [5.74, 6) is 0.358. The standard InChI is InChI=1S/C37H41FN4O3S/c1-2-36(43)40-32-11-6-12-35(22-32)46(44,45)34-15-13-33(14-16-34)42-24-27(25-42)23-41-19-17-29(18-20-41)37(26-39,28-7-3-4-8-28)30-9-5-10-31(38)21-30/h2,5-6,9-16,21-22,27-29H,1,3-4,7-8,17-20,23-25H2,(H,40,43)/t37-/m0/s1. The fourth-order valence-electron chi connectivity index (χ4n) is 7.92. The summed E-state index contributed by atoms with van der Waals surface area (Å²) in [5, 5.41) is 13.3. The zero-order chi connectivity index (χ0) is 32.3. The minimum atomic E-state index is -3.75. The van der Waals surface area contributed by atoms with Crippen LogP contribution in [0, 0.1) is 34.9 Å². The summed E-state index contributed by atoms with van der Waals surface area (Å²) in [5.41, 5.74) is 1.62. The molecule has 240 valence electrons. The van der Waals surface area contributed by atoms with E-state index in [2.05, 4.69) is 27.8 Å². The van der Waals surface area contributed by atoms with Crippen molar-refractivity contribution in [2.45, 2.75) is 53.7 Å². The van der Waals surface area contributed by atoms with Crippen molar-refractivity contribution in [2.75, 3.05) is 42.9 Å². The van der Waals surface area contributed by atoms with Gasteiger partial charge in [0.05, 0.1) is 21.3 Å². The molecule has 2 aliphatic heterocycles. The van der Waals surface area contributed by atoms with E-state index in [1.165, 1.54) is 18.2 Å². The highest BCUT2D eigenvalue weighted by Crippen LogP contribution is 2.50. The molecule has 1 amide bonds. The van der Waals surface area contributed by atoms with E-state index in [0.29, 0.717) is 11.6 Å². The van der Waals surface area contributed by atoms with E-state index in [-0.39, 0.29) is 27.4 Å². The Kier molecular flexibility index (Phi) is 9.30. The lowest BCUT2D eigenvalue weighted by atomic mass is 9.60. The molecule has 46 heavy (non-hydrogen) atoms. The molecule has 0 bridgehead atoms. The molecule has 2 saturated heterocycles. The van der Waals surface area contributed by atoms with E-state index in [9.17, 15) is 22.9 Å². The van der Waals surface area contributed by atoms with Gasteiger partial charge in [0.2, 0.25) is 15.7 Å². The lowest BCUT2D eigenvalue weighted by Gasteiger charge is -2.47. The van der Waals surface area contributed by atoms with Gasteiger partial charge in [0.1, 0.15) is 5.82 Å². The lowest BCUT2D eigenvalue weighted by molar-refractivity contribution is -0.111. The van der Waals surface area contributed by atoms with Gasteiger partial charge in [-0.25, -0.2) is 12.8 Å². The molecule has 3 aliphatic rings. The monoisotopic (exact) mass is 640 g/mol. The number of hydrogen-bond acceptors (Lipinski definition) is 6. The maximum atomic E-state index is 14.3. The van der Waals surface area contributed by atoms with Crippen LogP contribution >= 0.6 is 0 Å². The Labute approximate surface area is 271 Å². The van der Waals surface area contributed by atoms with Crippen molar-refractivity contribution in [3.8, 4) is 6.07 Å². The van der Waals surface area contributed by atoms with E-state index < -0.39 is 21.2 Å². The minimum absolute atomic E-state index is 0.112. The highest BCUT2D eigenvalue weighted by molar-refractivity contribution is 7.91. The summed E-state index contributed by atoms with van der Waals surface area (Å²) in [6, 6.07) is 22.7. The summed E-state index contributed by atoms with van der Waals surface area (Å²) in [6.07, 6.45) is 7.38. The minimum Gasteiger partial charge on any atom is -0.371 e. The van der Waals surface area contributed by atoms with Crippen molar-refractivity contribution < 1.29 is 17.6 Å². The van der Waals surface area contributed by atoms with Crippen LogP contribution in [0.15, 0.2) is 95.2 Å². The number of carbonyl (C=O) groups excluding carboxylic acids is 1. The first-order chi connectivity index (χ1) is 22.2. The normalized spacial score (nSPS) is 19.6. The van der Waals surface area contributed by atoms with Crippen LogP contribution in [0.25, 0.3) is 0 Å². The van der Waals surface area contributed by atoms with Crippen molar-refractivity contribution in [3.05, 3.63) is 96.8 Å². The van der Waals surface area contributed by atoms with Crippen LogP contribution < -0.4 is 10.2 Å². The molecule has 3 fully saturated rings. The van der Waals surface area contributed by atoms with Gasteiger partial charge in [0.15, 0.2) is 0 Å². The predicted molar refractivity (Wildman–Crippen MR) is 178 cm³/mol. The number of hydrogen-bond donors (Lipinski definition) is 1. The first-order valence-electron chi connectivity index (χ1n) is 16.3. The molecule has 1 saturated carbocycles. The van der Waals surface area contributed by atoms with Crippen LogP contribution in [0.5, 0.6) is 0 Å². The lowest BCUT2D eigenvalue weighted by Crippen LogP contribution is -2.53. The van der Waals surface area contributed by atoms with Gasteiger partial charge < -0.3 is 15.1 Å². The molecule has 0 unspecified atom stereocenters.